The van der Waals surface area contributed by atoms with Gasteiger partial charge in [-0.2, -0.15) is 0 Å². The van der Waals surface area contributed by atoms with Gasteiger partial charge in [0.05, 0.1) is 10.7 Å². The van der Waals surface area contributed by atoms with Gasteiger partial charge in [0.15, 0.2) is 0 Å². The van der Waals surface area contributed by atoms with E-state index in [0.717, 1.165) is 48.6 Å². The van der Waals surface area contributed by atoms with Crippen LogP contribution in [0.2, 0.25) is 0 Å². The Morgan fingerprint density at radius 3 is 2.91 bits per heavy atom. The quantitative estimate of drug-likeness (QED) is 0.860. The topological polar surface area (TPSA) is 59.2 Å². The van der Waals surface area contributed by atoms with Crippen LogP contribution in [0.4, 0.5) is 0 Å². The van der Waals surface area contributed by atoms with Gasteiger partial charge in [-0.3, -0.25) is 4.79 Å². The molecule has 23 heavy (non-hydrogen) atoms. The molecule has 0 bridgehead atoms. The number of hydrogen-bond donors (Lipinski definition) is 0. The Balaban J connectivity index is 1.59. The first-order valence-electron chi connectivity index (χ1n) is 8.16. The molecule has 1 aliphatic heterocycles. The number of hydrogen-bond acceptors (Lipinski definition) is 5. The second-order valence-corrected chi connectivity index (χ2v) is 7.20. The van der Waals surface area contributed by atoms with Crippen LogP contribution >= 0.6 is 11.3 Å². The first kappa shape index (κ1) is 16.2. The smallest absolute Gasteiger partial charge is 0.222 e. The number of aromatic nitrogens is 2. The van der Waals surface area contributed by atoms with Crippen LogP contribution in [0.15, 0.2) is 9.90 Å². The van der Waals surface area contributed by atoms with Crippen molar-refractivity contribution < 1.29 is 9.32 Å². The van der Waals surface area contributed by atoms with Crippen LogP contribution in [0.3, 0.4) is 0 Å². The number of rotatable bonds is 4. The zero-order chi connectivity index (χ0) is 16.4. The highest BCUT2D eigenvalue weighted by atomic mass is 32.1. The molecule has 3 heterocycles. The van der Waals surface area contributed by atoms with Crippen LogP contribution in [0.25, 0.3) is 0 Å². The Morgan fingerprint density at radius 1 is 1.43 bits per heavy atom. The number of carbonyl (C=O) groups is 1. The third-order valence-electron chi connectivity index (χ3n) is 4.53. The molecule has 0 spiro atoms. The maximum absolute atomic E-state index is 12.6. The van der Waals surface area contributed by atoms with E-state index >= 15 is 0 Å². The SMILES string of the molecule is Cc1csc(C2CCCN(C(=O)CCc3c(C)noc3C)C2)n1. The van der Waals surface area contributed by atoms with Crippen LogP contribution in [0.5, 0.6) is 0 Å². The lowest BCUT2D eigenvalue weighted by molar-refractivity contribution is -0.132. The minimum atomic E-state index is 0.225. The van der Waals surface area contributed by atoms with Crippen molar-refractivity contribution in [3.63, 3.8) is 0 Å². The monoisotopic (exact) mass is 333 g/mol. The number of carbonyl (C=O) groups excluding carboxylic acids is 1. The van der Waals surface area contributed by atoms with E-state index in [2.05, 4.69) is 15.5 Å². The number of aryl methyl sites for hydroxylation is 3. The van der Waals surface area contributed by atoms with Crippen molar-refractivity contribution in [2.45, 2.75) is 52.4 Å². The van der Waals surface area contributed by atoms with Gasteiger partial charge in [-0.15, -0.1) is 11.3 Å². The first-order valence-corrected chi connectivity index (χ1v) is 9.04. The third-order valence-corrected chi connectivity index (χ3v) is 5.66. The zero-order valence-electron chi connectivity index (χ0n) is 14.0. The van der Waals surface area contributed by atoms with Crippen molar-refractivity contribution in [2.24, 2.45) is 0 Å². The summed E-state index contributed by atoms with van der Waals surface area (Å²) in [7, 11) is 0. The van der Waals surface area contributed by atoms with Gasteiger partial charge in [0.2, 0.25) is 5.91 Å². The number of thiazole rings is 1. The lowest BCUT2D eigenvalue weighted by Gasteiger charge is -2.32. The molecule has 1 amide bonds. The van der Waals surface area contributed by atoms with E-state index in [4.69, 9.17) is 4.52 Å². The van der Waals surface area contributed by atoms with Crippen molar-refractivity contribution in [1.82, 2.24) is 15.0 Å². The van der Waals surface area contributed by atoms with Crippen molar-refractivity contribution in [2.75, 3.05) is 13.1 Å². The molecule has 6 heteroatoms. The molecule has 5 nitrogen and oxygen atoms in total. The molecule has 0 N–H and O–H groups in total. The summed E-state index contributed by atoms with van der Waals surface area (Å²) in [5.41, 5.74) is 3.04. The number of amides is 1. The molecule has 0 saturated carbocycles. The van der Waals surface area contributed by atoms with Crippen LogP contribution < -0.4 is 0 Å². The Bertz CT molecular complexity index is 672. The average molecular weight is 333 g/mol. The Labute approximate surface area is 140 Å². The molecule has 1 atom stereocenters. The standard InChI is InChI=1S/C17H23N3O2S/c1-11-10-23-17(18-11)14-5-4-8-20(9-14)16(21)7-6-15-12(2)19-22-13(15)3/h10,14H,4-9H2,1-3H3. The van der Waals surface area contributed by atoms with E-state index in [1.54, 1.807) is 11.3 Å². The Hall–Kier alpha value is -1.69. The predicted molar refractivity (Wildman–Crippen MR) is 89.7 cm³/mol. The molecule has 124 valence electrons. The summed E-state index contributed by atoms with van der Waals surface area (Å²) < 4.78 is 5.17. The van der Waals surface area contributed by atoms with Crippen molar-refractivity contribution in [1.29, 1.82) is 0 Å². The lowest BCUT2D eigenvalue weighted by atomic mass is 9.98. The van der Waals surface area contributed by atoms with E-state index < -0.39 is 0 Å². The summed E-state index contributed by atoms with van der Waals surface area (Å²) in [6.45, 7) is 7.52. The highest BCUT2D eigenvalue weighted by molar-refractivity contribution is 7.09. The second kappa shape index (κ2) is 6.83. The average Bonchev–Trinajstić information content (AvgIpc) is 3.12. The number of piperidine rings is 1. The van der Waals surface area contributed by atoms with Crippen molar-refractivity contribution in [3.05, 3.63) is 33.1 Å². The fraction of sp³-hybridized carbons (Fsp3) is 0.588. The predicted octanol–water partition coefficient (Wildman–Crippen LogP) is 3.40. The van der Waals surface area contributed by atoms with Gasteiger partial charge in [-0.05, 0) is 40.0 Å². The summed E-state index contributed by atoms with van der Waals surface area (Å²) in [5.74, 6) is 1.44. The van der Waals surface area contributed by atoms with Gasteiger partial charge in [0.25, 0.3) is 0 Å². The highest BCUT2D eigenvalue weighted by Crippen LogP contribution is 2.29. The molecular formula is C17H23N3O2S. The number of nitrogens with zero attached hydrogens (tertiary/aromatic N) is 3. The molecule has 0 radical (unpaired) electrons. The normalized spacial score (nSPS) is 18.4. The summed E-state index contributed by atoms with van der Waals surface area (Å²) in [6, 6.07) is 0. The van der Waals surface area contributed by atoms with Crippen LogP contribution in [-0.4, -0.2) is 34.0 Å². The maximum Gasteiger partial charge on any atom is 0.222 e. The fourth-order valence-corrected chi connectivity index (χ4v) is 4.14. The minimum absolute atomic E-state index is 0.225. The van der Waals surface area contributed by atoms with Gasteiger partial charge in [-0.1, -0.05) is 5.16 Å². The van der Waals surface area contributed by atoms with E-state index in [1.165, 1.54) is 5.01 Å². The molecule has 1 aliphatic rings. The van der Waals surface area contributed by atoms with Gasteiger partial charge in [-0.25, -0.2) is 4.98 Å². The zero-order valence-corrected chi connectivity index (χ0v) is 14.8. The van der Waals surface area contributed by atoms with Gasteiger partial charge < -0.3 is 9.42 Å². The molecule has 1 fully saturated rings. The minimum Gasteiger partial charge on any atom is -0.361 e. The summed E-state index contributed by atoms with van der Waals surface area (Å²) in [5, 5.41) is 7.22. The van der Waals surface area contributed by atoms with Gasteiger partial charge in [0, 0.05) is 42.1 Å². The molecule has 0 aromatic carbocycles. The Kier molecular flexibility index (Phi) is 4.80. The van der Waals surface area contributed by atoms with Gasteiger partial charge in [0.1, 0.15) is 5.76 Å². The fourth-order valence-electron chi connectivity index (χ4n) is 3.21. The lowest BCUT2D eigenvalue weighted by Crippen LogP contribution is -2.39. The maximum atomic E-state index is 12.6. The third kappa shape index (κ3) is 3.63. The van der Waals surface area contributed by atoms with E-state index in [0.29, 0.717) is 18.8 Å². The summed E-state index contributed by atoms with van der Waals surface area (Å²) in [4.78, 5) is 19.2. The van der Waals surface area contributed by atoms with E-state index in [1.807, 2.05) is 25.7 Å². The molecule has 2 aromatic rings. The first-order chi connectivity index (χ1) is 11.0. The summed E-state index contributed by atoms with van der Waals surface area (Å²) in [6.07, 6.45) is 3.41. The molecule has 0 aliphatic carbocycles. The molecular weight excluding hydrogens is 310 g/mol. The van der Waals surface area contributed by atoms with Gasteiger partial charge >= 0.3 is 0 Å². The number of likely N-dealkylation sites (tertiary alicyclic amines) is 1. The highest BCUT2D eigenvalue weighted by Gasteiger charge is 2.26. The molecule has 1 saturated heterocycles. The van der Waals surface area contributed by atoms with Crippen molar-refractivity contribution in [3.8, 4) is 0 Å². The molecule has 3 rings (SSSR count). The van der Waals surface area contributed by atoms with Crippen LogP contribution in [-0.2, 0) is 11.2 Å². The van der Waals surface area contributed by atoms with Crippen LogP contribution in [0, 0.1) is 20.8 Å². The molecule has 2 aromatic heterocycles. The summed E-state index contributed by atoms with van der Waals surface area (Å²) >= 11 is 1.72. The van der Waals surface area contributed by atoms with Crippen LogP contribution in [0.1, 0.15) is 52.9 Å². The van der Waals surface area contributed by atoms with E-state index in [-0.39, 0.29) is 5.91 Å². The molecule has 1 unspecified atom stereocenters. The van der Waals surface area contributed by atoms with E-state index in [9.17, 15) is 4.79 Å². The second-order valence-electron chi connectivity index (χ2n) is 6.31. The largest absolute Gasteiger partial charge is 0.361 e. The Morgan fingerprint density at radius 2 is 2.26 bits per heavy atom. The van der Waals surface area contributed by atoms with Crippen molar-refractivity contribution >= 4 is 17.2 Å².